The zero-order chi connectivity index (χ0) is 22.3. The number of carbonyl (C=O) groups is 2. The highest BCUT2D eigenvalue weighted by Crippen LogP contribution is 2.19. The van der Waals surface area contributed by atoms with Crippen molar-refractivity contribution < 1.29 is 30.0 Å². The third kappa shape index (κ3) is 6.90. The Morgan fingerprint density at radius 1 is 1.10 bits per heavy atom. The van der Waals surface area contributed by atoms with Crippen LogP contribution in [0.2, 0.25) is 0 Å². The van der Waals surface area contributed by atoms with E-state index >= 15 is 0 Å². The standard InChI is InChI=1S/C18H32N6O6/c19-10(16(27)28)4-1-2-7-24-9-14(26)13(25)8-12-15(24)23-18(22-12)21-6-3-5-11(20)17(29)30/h10-14,25-26H,1-9,19-20H2,(H,21,22)(H,27,28)(H,29,30)/t10?,11?,12-,13-,14-/m0/s1/i9+1. The molecule has 12 heteroatoms. The van der Waals surface area contributed by atoms with Gasteiger partial charge in [-0.2, -0.15) is 4.99 Å². The second-order valence-electron chi connectivity index (χ2n) is 7.72. The molecule has 0 aromatic rings. The predicted molar refractivity (Wildman–Crippen MR) is 109 cm³/mol. The van der Waals surface area contributed by atoms with Crippen molar-refractivity contribution in [3.8, 4) is 0 Å². The van der Waals surface area contributed by atoms with Crippen LogP contribution in [0.1, 0.15) is 38.5 Å². The van der Waals surface area contributed by atoms with Gasteiger partial charge in [0.1, 0.15) is 17.9 Å². The fraction of sp³-hybridized carbons (Fsp3) is 0.778. The van der Waals surface area contributed by atoms with Gasteiger partial charge in [0.25, 0.3) is 0 Å². The van der Waals surface area contributed by atoms with Gasteiger partial charge in [-0.05, 0) is 32.1 Å². The molecule has 0 aromatic carbocycles. The number of nitrogens with two attached hydrogens (primary N) is 2. The van der Waals surface area contributed by atoms with Gasteiger partial charge in [0, 0.05) is 26.1 Å². The van der Waals surface area contributed by atoms with E-state index in [1.54, 1.807) is 0 Å². The summed E-state index contributed by atoms with van der Waals surface area (Å²) >= 11 is 0. The molecule has 0 spiro atoms. The Labute approximate surface area is 174 Å². The van der Waals surface area contributed by atoms with E-state index in [1.165, 1.54) is 0 Å². The SMILES string of the molecule is NC(CCCCN1[13CH2][C@H](O)[C@@H](O)C[C@@H]2NC(=NCCCC(N)C(=O)O)N=C21)C(=O)O. The van der Waals surface area contributed by atoms with Gasteiger partial charge in [0.15, 0.2) is 0 Å². The number of amidine groups is 1. The highest BCUT2D eigenvalue weighted by Gasteiger charge is 2.37. The number of carboxylic acids is 2. The molecule has 2 unspecified atom stereocenters. The highest BCUT2D eigenvalue weighted by molar-refractivity contribution is 6.05. The number of hydrogen-bond acceptors (Lipinski definition) is 8. The van der Waals surface area contributed by atoms with Crippen LogP contribution in [-0.2, 0) is 9.59 Å². The summed E-state index contributed by atoms with van der Waals surface area (Å²) in [4.78, 5) is 32.3. The second kappa shape index (κ2) is 11.2. The minimum absolute atomic E-state index is 0.212. The Balaban J connectivity index is 1.95. The molecule has 9 N–H and O–H groups in total. The van der Waals surface area contributed by atoms with Gasteiger partial charge in [0.2, 0.25) is 5.96 Å². The number of hydrogen-bond donors (Lipinski definition) is 7. The summed E-state index contributed by atoms with van der Waals surface area (Å²) in [7, 11) is 0. The average molecular weight is 429 g/mol. The summed E-state index contributed by atoms with van der Waals surface area (Å²) in [5.74, 6) is -0.996. The number of aliphatic hydroxyl groups is 2. The van der Waals surface area contributed by atoms with E-state index in [0.717, 1.165) is 0 Å². The maximum Gasteiger partial charge on any atom is 0.320 e. The van der Waals surface area contributed by atoms with Crippen LogP contribution in [0.4, 0.5) is 0 Å². The van der Waals surface area contributed by atoms with Crippen LogP contribution >= 0.6 is 0 Å². The molecule has 2 aliphatic rings. The molecule has 170 valence electrons. The fourth-order valence-electron chi connectivity index (χ4n) is 3.43. The number of unbranched alkanes of at least 4 members (excludes halogenated alkanes) is 1. The number of nitrogens with one attached hydrogen (secondary N) is 1. The Morgan fingerprint density at radius 2 is 1.73 bits per heavy atom. The third-order valence-corrected chi connectivity index (χ3v) is 5.25. The Hall–Kier alpha value is -2.28. The molecule has 12 nitrogen and oxygen atoms in total. The molecule has 0 radical (unpaired) electrons. The second-order valence-corrected chi connectivity index (χ2v) is 7.72. The molecular formula is C18H32N6O6. The Kier molecular flexibility index (Phi) is 8.96. The lowest BCUT2D eigenvalue weighted by molar-refractivity contribution is -0.139. The van der Waals surface area contributed by atoms with E-state index in [-0.39, 0.29) is 19.0 Å². The molecule has 1 fully saturated rings. The first-order chi connectivity index (χ1) is 14.2. The number of fused-ring (bicyclic) bond motifs is 1. The first-order valence-electron chi connectivity index (χ1n) is 10.2. The predicted octanol–water partition coefficient (Wildman–Crippen LogP) is -2.09. The van der Waals surface area contributed by atoms with Gasteiger partial charge in [-0.1, -0.05) is 0 Å². The van der Waals surface area contributed by atoms with E-state index in [0.29, 0.717) is 57.0 Å². The average Bonchev–Trinajstić information content (AvgIpc) is 3.04. The summed E-state index contributed by atoms with van der Waals surface area (Å²) in [6, 6.07) is -2.10. The van der Waals surface area contributed by atoms with Crippen LogP contribution in [0.25, 0.3) is 0 Å². The number of likely N-dealkylation sites (tertiary alicyclic amines) is 1. The smallest absolute Gasteiger partial charge is 0.320 e. The largest absolute Gasteiger partial charge is 0.480 e. The van der Waals surface area contributed by atoms with Crippen LogP contribution in [0.15, 0.2) is 9.98 Å². The lowest BCUT2D eigenvalue weighted by Gasteiger charge is -2.26. The van der Waals surface area contributed by atoms with Crippen LogP contribution in [0.3, 0.4) is 0 Å². The number of guanidine groups is 1. The summed E-state index contributed by atoms with van der Waals surface area (Å²) < 4.78 is 0. The topological polar surface area (TPSA) is 207 Å². The van der Waals surface area contributed by atoms with Crippen molar-refractivity contribution in [3.63, 3.8) is 0 Å². The summed E-state index contributed by atoms with van der Waals surface area (Å²) in [5.41, 5.74) is 11.0. The minimum Gasteiger partial charge on any atom is -0.480 e. The molecule has 5 atom stereocenters. The van der Waals surface area contributed by atoms with Gasteiger partial charge < -0.3 is 42.1 Å². The van der Waals surface area contributed by atoms with Crippen molar-refractivity contribution in [3.05, 3.63) is 0 Å². The van der Waals surface area contributed by atoms with Crippen molar-refractivity contribution in [2.24, 2.45) is 21.5 Å². The molecule has 0 amide bonds. The lowest BCUT2D eigenvalue weighted by atomic mass is 10.1. The molecule has 2 rings (SSSR count). The van der Waals surface area contributed by atoms with Crippen molar-refractivity contribution in [2.75, 3.05) is 19.6 Å². The molecule has 0 bridgehead atoms. The Morgan fingerprint density at radius 3 is 2.37 bits per heavy atom. The summed E-state index contributed by atoms with van der Waals surface area (Å²) in [6.07, 6.45) is 0.889. The molecule has 0 aromatic heterocycles. The number of β-amino-alcohol motifs (C(OH)–C–C–N with tert-alkyl or cyclic N) is 1. The maximum atomic E-state index is 10.8. The van der Waals surface area contributed by atoms with Crippen LogP contribution in [0.5, 0.6) is 0 Å². The van der Waals surface area contributed by atoms with Gasteiger partial charge in [-0.25, -0.2) is 0 Å². The molecule has 30 heavy (non-hydrogen) atoms. The van der Waals surface area contributed by atoms with Crippen LogP contribution < -0.4 is 16.8 Å². The quantitative estimate of drug-likeness (QED) is 0.141. The summed E-state index contributed by atoms with van der Waals surface area (Å²) in [6.45, 7) is 1.11. The zero-order valence-electron chi connectivity index (χ0n) is 16.9. The van der Waals surface area contributed by atoms with Gasteiger partial charge in [-0.3, -0.25) is 14.6 Å². The number of carboxylic acid groups (broad SMARTS) is 2. The Bertz CT molecular complexity index is 672. The molecule has 2 heterocycles. The van der Waals surface area contributed by atoms with Crippen molar-refractivity contribution in [2.45, 2.75) is 68.9 Å². The number of aliphatic imine (C=N–C) groups is 2. The molecule has 0 saturated carbocycles. The monoisotopic (exact) mass is 429 g/mol. The van der Waals surface area contributed by atoms with E-state index in [1.807, 2.05) is 4.90 Å². The number of aliphatic hydroxyl groups excluding tert-OH is 2. The zero-order valence-corrected chi connectivity index (χ0v) is 16.9. The lowest BCUT2D eigenvalue weighted by Crippen LogP contribution is -2.42. The summed E-state index contributed by atoms with van der Waals surface area (Å²) in [5, 5.41) is 41.1. The fourth-order valence-corrected chi connectivity index (χ4v) is 3.43. The van der Waals surface area contributed by atoms with E-state index in [9.17, 15) is 19.8 Å². The van der Waals surface area contributed by atoms with Gasteiger partial charge >= 0.3 is 11.9 Å². The molecule has 2 aliphatic heterocycles. The number of nitrogens with zero attached hydrogens (tertiary/aromatic N) is 3. The van der Waals surface area contributed by atoms with Gasteiger partial charge in [-0.15, -0.1) is 0 Å². The molecule has 0 aliphatic carbocycles. The van der Waals surface area contributed by atoms with Crippen LogP contribution in [-0.4, -0.2) is 99.0 Å². The van der Waals surface area contributed by atoms with Gasteiger partial charge in [0.05, 0.1) is 18.2 Å². The normalized spacial score (nSPS) is 27.1. The van der Waals surface area contributed by atoms with E-state index in [2.05, 4.69) is 15.3 Å². The van der Waals surface area contributed by atoms with Crippen molar-refractivity contribution >= 4 is 23.7 Å². The number of aliphatic carboxylic acids is 2. The van der Waals surface area contributed by atoms with Crippen molar-refractivity contribution in [1.82, 2.24) is 10.2 Å². The van der Waals surface area contributed by atoms with E-state index in [4.69, 9.17) is 21.7 Å². The first-order valence-corrected chi connectivity index (χ1v) is 10.2. The molecule has 1 saturated heterocycles. The van der Waals surface area contributed by atoms with Crippen LogP contribution in [0, 0.1) is 0 Å². The number of rotatable bonds is 11. The minimum atomic E-state index is -1.04. The highest BCUT2D eigenvalue weighted by atomic mass is 16.4. The molecular weight excluding hydrogens is 397 g/mol. The van der Waals surface area contributed by atoms with E-state index < -0.39 is 36.2 Å². The van der Waals surface area contributed by atoms with Crippen molar-refractivity contribution in [1.29, 1.82) is 0 Å². The maximum absolute atomic E-state index is 10.8. The first kappa shape index (κ1) is 24.0. The third-order valence-electron chi connectivity index (χ3n) is 5.25.